The van der Waals surface area contributed by atoms with Gasteiger partial charge in [0.25, 0.3) is 5.91 Å². The van der Waals surface area contributed by atoms with Gasteiger partial charge < -0.3 is 20.5 Å². The van der Waals surface area contributed by atoms with E-state index in [0.717, 1.165) is 44.7 Å². The van der Waals surface area contributed by atoms with Crippen molar-refractivity contribution in [3.63, 3.8) is 0 Å². The zero-order valence-corrected chi connectivity index (χ0v) is 21.1. The molecule has 2 aromatic rings. The topological polar surface area (TPSA) is 89.7 Å². The summed E-state index contributed by atoms with van der Waals surface area (Å²) in [5, 5.41) is 3.05. The van der Waals surface area contributed by atoms with Gasteiger partial charge in [-0.3, -0.25) is 9.69 Å². The summed E-state index contributed by atoms with van der Waals surface area (Å²) in [5.74, 6) is 1.59. The van der Waals surface area contributed by atoms with E-state index >= 15 is 0 Å². The van der Waals surface area contributed by atoms with Crippen molar-refractivity contribution in [3.8, 4) is 18.7 Å². The Morgan fingerprint density at radius 2 is 1.94 bits per heavy atom. The number of nitrogens with one attached hydrogen (secondary N) is 1. The highest BCUT2D eigenvalue weighted by molar-refractivity contribution is 5.97. The van der Waals surface area contributed by atoms with Gasteiger partial charge in [-0.25, -0.2) is 4.98 Å². The van der Waals surface area contributed by atoms with Gasteiger partial charge in [0.1, 0.15) is 11.3 Å². The molecule has 35 heavy (non-hydrogen) atoms. The number of benzene rings is 1. The number of amides is 1. The molecule has 2 heterocycles. The Morgan fingerprint density at radius 3 is 2.57 bits per heavy atom. The first kappa shape index (κ1) is 27.7. The number of likely N-dealkylation sites (tertiary alicyclic amines) is 1. The van der Waals surface area contributed by atoms with Crippen LogP contribution in [0.1, 0.15) is 41.4 Å². The van der Waals surface area contributed by atoms with Gasteiger partial charge >= 0.3 is 0 Å². The number of nitrogens with zero attached hydrogens (tertiary/aromatic N) is 2. The molecule has 1 amide bonds. The Kier molecular flexibility index (Phi) is 11.6. The van der Waals surface area contributed by atoms with Gasteiger partial charge in [0.15, 0.2) is 0 Å². The van der Waals surface area contributed by atoms with Crippen LogP contribution in [-0.4, -0.2) is 55.7 Å². The van der Waals surface area contributed by atoms with Crippen LogP contribution in [-0.2, 0) is 11.2 Å². The van der Waals surface area contributed by atoms with Crippen molar-refractivity contribution < 1.29 is 14.3 Å². The van der Waals surface area contributed by atoms with Gasteiger partial charge in [0, 0.05) is 6.54 Å². The summed E-state index contributed by atoms with van der Waals surface area (Å²) < 4.78 is 11.2. The summed E-state index contributed by atoms with van der Waals surface area (Å²) in [5.41, 5.74) is 8.79. The third kappa shape index (κ3) is 8.66. The fourth-order valence-corrected chi connectivity index (χ4v) is 3.97. The second-order valence-electron chi connectivity index (χ2n) is 8.44. The van der Waals surface area contributed by atoms with Crippen LogP contribution >= 0.6 is 0 Å². The lowest BCUT2D eigenvalue weighted by atomic mass is 9.96. The van der Waals surface area contributed by atoms with Crippen LogP contribution in [0.15, 0.2) is 48.2 Å². The number of carbonyl (C=O) groups excluding carboxylic acids is 1. The molecule has 0 atom stereocenters. The fourth-order valence-electron chi connectivity index (χ4n) is 3.97. The van der Waals surface area contributed by atoms with Crippen LogP contribution in [0, 0.1) is 25.7 Å². The number of anilines is 1. The van der Waals surface area contributed by atoms with E-state index in [1.54, 1.807) is 20.1 Å². The van der Waals surface area contributed by atoms with Crippen LogP contribution < -0.4 is 15.8 Å². The largest absolute Gasteiger partial charge is 0.500 e. The van der Waals surface area contributed by atoms with Crippen molar-refractivity contribution >= 4 is 11.6 Å². The Hall–Kier alpha value is -3.50. The van der Waals surface area contributed by atoms with Crippen LogP contribution in [0.2, 0.25) is 0 Å². The van der Waals surface area contributed by atoms with Gasteiger partial charge in [0.05, 0.1) is 31.6 Å². The van der Waals surface area contributed by atoms with Crippen molar-refractivity contribution in [2.45, 2.75) is 33.1 Å². The van der Waals surface area contributed by atoms with E-state index in [1.807, 2.05) is 13.0 Å². The Labute approximate surface area is 209 Å². The van der Waals surface area contributed by atoms with E-state index in [1.165, 1.54) is 5.56 Å². The van der Waals surface area contributed by atoms with Gasteiger partial charge in [-0.05, 0) is 69.8 Å². The molecular formula is C28H38N4O3. The number of aromatic nitrogens is 1. The molecule has 1 aliphatic rings. The molecule has 7 nitrogen and oxygen atoms in total. The van der Waals surface area contributed by atoms with Crippen LogP contribution in [0.25, 0.3) is 0 Å². The Morgan fingerprint density at radius 1 is 1.26 bits per heavy atom. The number of aryl methyl sites for hydroxylation is 1. The molecule has 0 spiro atoms. The summed E-state index contributed by atoms with van der Waals surface area (Å²) in [4.78, 5) is 19.5. The molecule has 1 aromatic heterocycles. The van der Waals surface area contributed by atoms with Gasteiger partial charge in [-0.15, -0.1) is 12.8 Å². The highest BCUT2D eigenvalue weighted by Gasteiger charge is 2.22. The van der Waals surface area contributed by atoms with Gasteiger partial charge in [-0.1, -0.05) is 30.3 Å². The summed E-state index contributed by atoms with van der Waals surface area (Å²) in [7, 11) is 1.74. The quantitative estimate of drug-likeness (QED) is 0.398. The highest BCUT2D eigenvalue weighted by atomic mass is 16.5. The fraction of sp³-hybridized carbons (Fsp3) is 0.429. The first-order valence-electron chi connectivity index (χ1n) is 12.0. The number of nitrogen functional groups attached to an aromatic ring is 1. The number of piperidine rings is 1. The number of allylic oxidation sites excluding steroid dienone is 1. The number of nitrogens with two attached hydrogens (primary N) is 1. The van der Waals surface area contributed by atoms with E-state index in [9.17, 15) is 4.79 Å². The third-order valence-electron chi connectivity index (χ3n) is 6.05. The Bertz CT molecular complexity index is 980. The molecule has 0 bridgehead atoms. The molecule has 0 unspecified atom stereocenters. The lowest BCUT2D eigenvalue weighted by Gasteiger charge is -2.32. The number of carbonyl (C=O) groups is 1. The number of rotatable bonds is 10. The molecule has 1 fully saturated rings. The molecule has 1 saturated heterocycles. The minimum atomic E-state index is -0.189. The number of hydrogen-bond donors (Lipinski definition) is 2. The Balaban J connectivity index is 0.00000210. The van der Waals surface area contributed by atoms with E-state index in [2.05, 4.69) is 58.4 Å². The molecule has 1 aliphatic heterocycles. The van der Waals surface area contributed by atoms with Crippen LogP contribution in [0.5, 0.6) is 5.88 Å². The number of terminal acetylenes is 1. The standard InChI is InChI=1S/C26H36N4O3.C2H2/c1-4-33-26-23(16-24(27)19(2)29-26)25(31)28-17-21-12-14-30(15-13-21)18-22(32-3)11-10-20-8-6-5-7-9-20;1-2/h5-9,11,16,21H,4,10,12-15,17-18,27H2,1-3H3,(H,28,31);1-2H/b22-11-;. The minimum absolute atomic E-state index is 0.189. The minimum Gasteiger partial charge on any atom is -0.500 e. The maximum absolute atomic E-state index is 12.8. The molecule has 1 aromatic carbocycles. The molecule has 188 valence electrons. The maximum atomic E-state index is 12.8. The summed E-state index contributed by atoms with van der Waals surface area (Å²) in [6, 6.07) is 12.0. The molecule has 0 saturated carbocycles. The zero-order chi connectivity index (χ0) is 25.6. The number of methoxy groups -OCH3 is 1. The van der Waals surface area contributed by atoms with E-state index < -0.39 is 0 Å². The third-order valence-corrected chi connectivity index (χ3v) is 6.05. The molecule has 3 N–H and O–H groups in total. The molecule has 0 radical (unpaired) electrons. The van der Waals surface area contributed by atoms with Crippen molar-refractivity contribution in [2.24, 2.45) is 5.92 Å². The van der Waals surface area contributed by atoms with Crippen molar-refractivity contribution in [2.75, 3.05) is 45.6 Å². The number of pyridine rings is 1. The monoisotopic (exact) mass is 478 g/mol. The summed E-state index contributed by atoms with van der Waals surface area (Å²) in [6.07, 6.45) is 13.1. The molecule has 7 heteroatoms. The van der Waals surface area contributed by atoms with Crippen LogP contribution in [0.4, 0.5) is 5.69 Å². The zero-order valence-electron chi connectivity index (χ0n) is 21.1. The summed E-state index contributed by atoms with van der Waals surface area (Å²) >= 11 is 0. The second kappa shape index (κ2) is 14.7. The molecule has 0 aliphatic carbocycles. The predicted octanol–water partition coefficient (Wildman–Crippen LogP) is 3.84. The lowest BCUT2D eigenvalue weighted by molar-refractivity contribution is 0.0930. The van der Waals surface area contributed by atoms with E-state index in [4.69, 9.17) is 15.2 Å². The van der Waals surface area contributed by atoms with Crippen LogP contribution in [0.3, 0.4) is 0 Å². The van der Waals surface area contributed by atoms with E-state index in [0.29, 0.717) is 41.9 Å². The maximum Gasteiger partial charge on any atom is 0.256 e. The average Bonchev–Trinajstić information content (AvgIpc) is 2.89. The van der Waals surface area contributed by atoms with Gasteiger partial charge in [-0.2, -0.15) is 0 Å². The highest BCUT2D eigenvalue weighted by Crippen LogP contribution is 2.22. The average molecular weight is 479 g/mol. The van der Waals surface area contributed by atoms with Crippen molar-refractivity contribution in [3.05, 3.63) is 65.1 Å². The second-order valence-corrected chi connectivity index (χ2v) is 8.44. The first-order chi connectivity index (χ1) is 17.0. The predicted molar refractivity (Wildman–Crippen MR) is 141 cm³/mol. The summed E-state index contributed by atoms with van der Waals surface area (Å²) in [6.45, 7) is 7.53. The number of hydrogen-bond acceptors (Lipinski definition) is 6. The molecular weight excluding hydrogens is 440 g/mol. The van der Waals surface area contributed by atoms with E-state index in [-0.39, 0.29) is 5.91 Å². The number of ether oxygens (including phenoxy) is 2. The van der Waals surface area contributed by atoms with Gasteiger partial charge in [0.2, 0.25) is 5.88 Å². The smallest absolute Gasteiger partial charge is 0.256 e. The van der Waals surface area contributed by atoms with Crippen molar-refractivity contribution in [1.29, 1.82) is 0 Å². The lowest BCUT2D eigenvalue weighted by Crippen LogP contribution is -2.39. The normalized spacial score (nSPS) is 14.5. The SMILES string of the molecule is C#C.CCOc1nc(C)c(N)cc1C(=O)NCC1CCN(C/C(=C/Cc2ccccc2)OC)CC1. The van der Waals surface area contributed by atoms with Crippen molar-refractivity contribution in [1.82, 2.24) is 15.2 Å². The first-order valence-corrected chi connectivity index (χ1v) is 12.0. The molecule has 3 rings (SSSR count).